The Morgan fingerprint density at radius 1 is 1.22 bits per heavy atom. The molecule has 144 valence electrons. The highest BCUT2D eigenvalue weighted by Crippen LogP contribution is 2.24. The van der Waals surface area contributed by atoms with Gasteiger partial charge in [0.05, 0.1) is 12.1 Å². The van der Waals surface area contributed by atoms with E-state index in [0.717, 1.165) is 48.5 Å². The molecule has 1 aromatic carbocycles. The second-order valence-corrected chi connectivity index (χ2v) is 7.77. The summed E-state index contributed by atoms with van der Waals surface area (Å²) in [6, 6.07) is 8.40. The summed E-state index contributed by atoms with van der Waals surface area (Å²) in [6.45, 7) is 4.04. The molecule has 1 aliphatic rings. The molecule has 6 heteroatoms. The van der Waals surface area contributed by atoms with E-state index in [1.54, 1.807) is 11.3 Å². The maximum absolute atomic E-state index is 12.2. The molecule has 1 N–H and O–H groups in total. The lowest BCUT2D eigenvalue weighted by Gasteiger charge is -2.20. The summed E-state index contributed by atoms with van der Waals surface area (Å²) in [5.74, 6) is 0.162. The third-order valence-electron chi connectivity index (χ3n) is 4.88. The molecule has 0 atom stereocenters. The monoisotopic (exact) mass is 385 g/mol. The number of aryl methyl sites for hydroxylation is 1. The van der Waals surface area contributed by atoms with Crippen molar-refractivity contribution in [3.63, 3.8) is 0 Å². The smallest absolute Gasteiger partial charge is 0.226 e. The number of amides is 2. The first-order valence-electron chi connectivity index (χ1n) is 9.74. The Balaban J connectivity index is 1.46. The van der Waals surface area contributed by atoms with Crippen molar-refractivity contribution in [2.45, 2.75) is 45.4 Å². The molecule has 0 aliphatic carbocycles. The maximum atomic E-state index is 12.2. The summed E-state index contributed by atoms with van der Waals surface area (Å²) in [5.41, 5.74) is 3.18. The average Bonchev–Trinajstić information content (AvgIpc) is 3.04. The van der Waals surface area contributed by atoms with Crippen LogP contribution in [0.4, 0.5) is 0 Å². The number of rotatable bonds is 7. The molecule has 0 bridgehead atoms. The molecule has 0 spiro atoms. The predicted octanol–water partition coefficient (Wildman–Crippen LogP) is 3.43. The van der Waals surface area contributed by atoms with Crippen molar-refractivity contribution >= 4 is 23.2 Å². The standard InChI is InChI=1S/C21H27N3O2S/c1-2-16-7-9-17(10-8-16)21-23-18(15-27-21)14-19(25)22-11-13-24-12-5-3-4-6-20(24)26/h7-10,15H,2-6,11-14H2,1H3,(H,22,25). The largest absolute Gasteiger partial charge is 0.354 e. The summed E-state index contributed by atoms with van der Waals surface area (Å²) in [5, 5.41) is 5.80. The SMILES string of the molecule is CCc1ccc(-c2nc(CC(=O)NCCN3CCCCCC3=O)cs2)cc1. The Kier molecular flexibility index (Phi) is 6.98. The maximum Gasteiger partial charge on any atom is 0.226 e. The van der Waals surface area contributed by atoms with Crippen LogP contribution in [0.1, 0.15) is 43.9 Å². The molecule has 2 amide bonds. The van der Waals surface area contributed by atoms with Crippen molar-refractivity contribution in [1.29, 1.82) is 0 Å². The quantitative estimate of drug-likeness (QED) is 0.794. The van der Waals surface area contributed by atoms with Gasteiger partial charge in [0, 0.05) is 37.0 Å². The van der Waals surface area contributed by atoms with E-state index < -0.39 is 0 Å². The number of aromatic nitrogens is 1. The Morgan fingerprint density at radius 3 is 2.81 bits per heavy atom. The number of hydrogen-bond donors (Lipinski definition) is 1. The van der Waals surface area contributed by atoms with E-state index in [2.05, 4.69) is 41.5 Å². The number of nitrogens with zero attached hydrogens (tertiary/aromatic N) is 2. The minimum absolute atomic E-state index is 0.0459. The fraction of sp³-hybridized carbons (Fsp3) is 0.476. The molecule has 0 radical (unpaired) electrons. The lowest BCUT2D eigenvalue weighted by molar-refractivity contribution is -0.131. The van der Waals surface area contributed by atoms with Gasteiger partial charge in [-0.1, -0.05) is 37.6 Å². The van der Waals surface area contributed by atoms with Crippen molar-refractivity contribution in [2.75, 3.05) is 19.6 Å². The zero-order valence-corrected chi connectivity index (χ0v) is 16.7. The van der Waals surface area contributed by atoms with E-state index in [1.165, 1.54) is 5.56 Å². The fourth-order valence-corrected chi connectivity index (χ4v) is 4.06. The zero-order chi connectivity index (χ0) is 19.1. The molecule has 1 aliphatic heterocycles. The summed E-state index contributed by atoms with van der Waals surface area (Å²) >= 11 is 1.56. The van der Waals surface area contributed by atoms with Gasteiger partial charge < -0.3 is 10.2 Å². The first kappa shape index (κ1) is 19.5. The Labute approximate surface area is 164 Å². The third-order valence-corrected chi connectivity index (χ3v) is 5.82. The first-order valence-corrected chi connectivity index (χ1v) is 10.6. The molecule has 27 heavy (non-hydrogen) atoms. The number of carbonyl (C=O) groups excluding carboxylic acids is 2. The van der Waals surface area contributed by atoms with Crippen LogP contribution in [-0.2, 0) is 22.4 Å². The van der Waals surface area contributed by atoms with Gasteiger partial charge in [-0.25, -0.2) is 4.98 Å². The molecule has 1 saturated heterocycles. The lowest BCUT2D eigenvalue weighted by Crippen LogP contribution is -2.38. The Morgan fingerprint density at radius 2 is 2.04 bits per heavy atom. The molecule has 3 rings (SSSR count). The van der Waals surface area contributed by atoms with Crippen LogP contribution in [0.5, 0.6) is 0 Å². The third kappa shape index (κ3) is 5.63. The van der Waals surface area contributed by atoms with Crippen LogP contribution in [0.2, 0.25) is 0 Å². The van der Waals surface area contributed by atoms with Crippen LogP contribution >= 0.6 is 11.3 Å². The van der Waals surface area contributed by atoms with Gasteiger partial charge in [0.15, 0.2) is 0 Å². The first-order chi connectivity index (χ1) is 13.2. The number of benzene rings is 1. The molecular weight excluding hydrogens is 358 g/mol. The molecule has 5 nitrogen and oxygen atoms in total. The number of carbonyl (C=O) groups is 2. The second kappa shape index (κ2) is 9.65. The van der Waals surface area contributed by atoms with E-state index >= 15 is 0 Å². The molecule has 2 aromatic rings. The highest BCUT2D eigenvalue weighted by molar-refractivity contribution is 7.13. The number of thiazole rings is 1. The van der Waals surface area contributed by atoms with Crippen LogP contribution in [0.15, 0.2) is 29.6 Å². The topological polar surface area (TPSA) is 62.3 Å². The van der Waals surface area contributed by atoms with Gasteiger partial charge in [0.2, 0.25) is 11.8 Å². The van der Waals surface area contributed by atoms with Gasteiger partial charge in [-0.2, -0.15) is 0 Å². The molecule has 1 aromatic heterocycles. The minimum Gasteiger partial charge on any atom is -0.354 e. The highest BCUT2D eigenvalue weighted by Gasteiger charge is 2.16. The molecular formula is C21H27N3O2S. The van der Waals surface area contributed by atoms with Crippen molar-refractivity contribution in [1.82, 2.24) is 15.2 Å². The van der Waals surface area contributed by atoms with Crippen molar-refractivity contribution in [3.05, 3.63) is 40.9 Å². The van der Waals surface area contributed by atoms with E-state index in [1.807, 2.05) is 10.3 Å². The van der Waals surface area contributed by atoms with E-state index in [9.17, 15) is 9.59 Å². The number of nitrogens with one attached hydrogen (secondary N) is 1. The van der Waals surface area contributed by atoms with Gasteiger partial charge in [-0.05, 0) is 24.8 Å². The summed E-state index contributed by atoms with van der Waals surface area (Å²) in [7, 11) is 0. The molecule has 0 saturated carbocycles. The van der Waals surface area contributed by atoms with Crippen molar-refractivity contribution < 1.29 is 9.59 Å². The minimum atomic E-state index is -0.0459. The Hall–Kier alpha value is -2.21. The molecule has 0 unspecified atom stereocenters. The van der Waals surface area contributed by atoms with Crippen molar-refractivity contribution in [2.24, 2.45) is 0 Å². The van der Waals surface area contributed by atoms with Gasteiger partial charge in [-0.15, -0.1) is 11.3 Å². The van der Waals surface area contributed by atoms with E-state index in [4.69, 9.17) is 0 Å². The summed E-state index contributed by atoms with van der Waals surface area (Å²) in [4.78, 5) is 30.6. The molecule has 1 fully saturated rings. The van der Waals surface area contributed by atoms with Crippen molar-refractivity contribution in [3.8, 4) is 10.6 Å². The predicted molar refractivity (Wildman–Crippen MR) is 109 cm³/mol. The van der Waals surface area contributed by atoms with Crippen LogP contribution in [-0.4, -0.2) is 41.3 Å². The van der Waals surface area contributed by atoms with Crippen LogP contribution in [0, 0.1) is 0 Å². The molecule has 2 heterocycles. The van der Waals surface area contributed by atoms with E-state index in [-0.39, 0.29) is 18.2 Å². The van der Waals surface area contributed by atoms with Gasteiger partial charge in [-0.3, -0.25) is 9.59 Å². The van der Waals surface area contributed by atoms with Crippen LogP contribution in [0.25, 0.3) is 10.6 Å². The van der Waals surface area contributed by atoms with Gasteiger partial charge in [0.25, 0.3) is 0 Å². The number of hydrogen-bond acceptors (Lipinski definition) is 4. The summed E-state index contributed by atoms with van der Waals surface area (Å²) in [6.07, 6.45) is 5.08. The second-order valence-electron chi connectivity index (χ2n) is 6.91. The van der Waals surface area contributed by atoms with Gasteiger partial charge in [0.1, 0.15) is 5.01 Å². The van der Waals surface area contributed by atoms with Crippen LogP contribution < -0.4 is 5.32 Å². The van der Waals surface area contributed by atoms with Gasteiger partial charge >= 0.3 is 0 Å². The van der Waals surface area contributed by atoms with E-state index in [0.29, 0.717) is 19.5 Å². The normalized spacial score (nSPS) is 14.9. The Bertz CT molecular complexity index is 770. The fourth-order valence-electron chi connectivity index (χ4n) is 3.24. The summed E-state index contributed by atoms with van der Waals surface area (Å²) < 4.78 is 0. The number of likely N-dealkylation sites (tertiary alicyclic amines) is 1. The van der Waals surface area contributed by atoms with Crippen LogP contribution in [0.3, 0.4) is 0 Å². The average molecular weight is 386 g/mol. The lowest BCUT2D eigenvalue weighted by atomic mass is 10.1. The highest BCUT2D eigenvalue weighted by atomic mass is 32.1. The zero-order valence-electron chi connectivity index (χ0n) is 15.9.